The summed E-state index contributed by atoms with van der Waals surface area (Å²) in [7, 11) is 0. The van der Waals surface area contributed by atoms with Gasteiger partial charge in [-0.25, -0.2) is 0 Å². The van der Waals surface area contributed by atoms with Gasteiger partial charge < -0.3 is 9.47 Å². The summed E-state index contributed by atoms with van der Waals surface area (Å²) < 4.78 is 11.4. The van der Waals surface area contributed by atoms with E-state index in [2.05, 4.69) is 34.5 Å². The summed E-state index contributed by atoms with van der Waals surface area (Å²) in [5.74, 6) is 0. The van der Waals surface area contributed by atoms with Gasteiger partial charge in [0, 0.05) is 26.2 Å². The smallest absolute Gasteiger partial charge is 0.134 e. The van der Waals surface area contributed by atoms with Crippen molar-refractivity contribution >= 4 is 0 Å². The predicted molar refractivity (Wildman–Crippen MR) is 78.7 cm³/mol. The van der Waals surface area contributed by atoms with Crippen LogP contribution in [0.25, 0.3) is 0 Å². The summed E-state index contributed by atoms with van der Waals surface area (Å²) >= 11 is 0. The summed E-state index contributed by atoms with van der Waals surface area (Å²) in [6.07, 6.45) is 2.26. The van der Waals surface area contributed by atoms with Gasteiger partial charge in [0.15, 0.2) is 0 Å². The van der Waals surface area contributed by atoms with Crippen LogP contribution in [0.4, 0.5) is 0 Å². The second-order valence-corrected chi connectivity index (χ2v) is 5.46. The first-order valence-corrected chi connectivity index (χ1v) is 7.66. The van der Waals surface area contributed by atoms with Crippen LogP contribution in [0.15, 0.2) is 24.3 Å². The molecule has 0 bridgehead atoms. The largest absolute Gasteiger partial charge is 0.379 e. The molecule has 0 amide bonds. The fraction of sp³-hybridized carbons (Fsp3) is 0.625. The average molecular weight is 276 g/mol. The molecule has 1 saturated heterocycles. The molecule has 1 N–H and O–H groups in total. The second-order valence-electron chi connectivity index (χ2n) is 5.46. The van der Waals surface area contributed by atoms with E-state index >= 15 is 0 Å². The van der Waals surface area contributed by atoms with Gasteiger partial charge in [-0.15, -0.1) is 0 Å². The van der Waals surface area contributed by atoms with E-state index in [0.29, 0.717) is 0 Å². The van der Waals surface area contributed by atoms with Crippen molar-refractivity contribution in [3.05, 3.63) is 35.4 Å². The first-order chi connectivity index (χ1) is 9.93. The highest BCUT2D eigenvalue weighted by Gasteiger charge is 2.19. The van der Waals surface area contributed by atoms with Crippen molar-refractivity contribution in [1.82, 2.24) is 10.2 Å². The van der Waals surface area contributed by atoms with Gasteiger partial charge in [-0.1, -0.05) is 24.3 Å². The van der Waals surface area contributed by atoms with Crippen LogP contribution in [0.3, 0.4) is 0 Å². The summed E-state index contributed by atoms with van der Waals surface area (Å²) in [5.41, 5.74) is 2.73. The number of hydrogen-bond acceptors (Lipinski definition) is 4. The summed E-state index contributed by atoms with van der Waals surface area (Å²) in [6.45, 7) is 6.79. The summed E-state index contributed by atoms with van der Waals surface area (Å²) in [5, 5.41) is 3.46. The van der Waals surface area contributed by atoms with Crippen LogP contribution in [0, 0.1) is 0 Å². The van der Waals surface area contributed by atoms with Gasteiger partial charge >= 0.3 is 0 Å². The van der Waals surface area contributed by atoms with Gasteiger partial charge in [-0.2, -0.15) is 0 Å². The average Bonchev–Trinajstić information content (AvgIpc) is 2.53. The van der Waals surface area contributed by atoms with Crippen LogP contribution in [-0.4, -0.2) is 50.9 Å². The molecular weight excluding hydrogens is 252 g/mol. The lowest BCUT2D eigenvalue weighted by Gasteiger charge is -2.28. The van der Waals surface area contributed by atoms with Gasteiger partial charge in [0.05, 0.1) is 19.8 Å². The molecule has 1 unspecified atom stereocenters. The van der Waals surface area contributed by atoms with Gasteiger partial charge in [0.2, 0.25) is 0 Å². The van der Waals surface area contributed by atoms with Crippen molar-refractivity contribution in [2.75, 3.05) is 46.0 Å². The topological polar surface area (TPSA) is 33.7 Å². The molecule has 4 nitrogen and oxygen atoms in total. The Balaban J connectivity index is 1.43. The van der Waals surface area contributed by atoms with Gasteiger partial charge in [0.1, 0.15) is 6.23 Å². The fourth-order valence-corrected chi connectivity index (χ4v) is 2.93. The zero-order valence-corrected chi connectivity index (χ0v) is 12.0. The maximum absolute atomic E-state index is 6.03. The molecule has 1 fully saturated rings. The minimum absolute atomic E-state index is 0.0737. The zero-order chi connectivity index (χ0) is 13.6. The molecule has 0 radical (unpaired) electrons. The number of fused-ring (bicyclic) bond motifs is 1. The molecule has 1 aromatic carbocycles. The van der Waals surface area contributed by atoms with Crippen molar-refractivity contribution in [3.8, 4) is 0 Å². The van der Waals surface area contributed by atoms with Gasteiger partial charge in [0.25, 0.3) is 0 Å². The normalized spacial score (nSPS) is 23.5. The van der Waals surface area contributed by atoms with Crippen molar-refractivity contribution in [1.29, 1.82) is 0 Å². The van der Waals surface area contributed by atoms with Gasteiger partial charge in [-0.05, 0) is 24.0 Å². The molecule has 0 aliphatic carbocycles. The van der Waals surface area contributed by atoms with E-state index in [1.54, 1.807) is 0 Å². The highest BCUT2D eigenvalue weighted by Crippen LogP contribution is 2.23. The monoisotopic (exact) mass is 276 g/mol. The van der Waals surface area contributed by atoms with E-state index in [1.807, 2.05) is 0 Å². The van der Waals surface area contributed by atoms with Crippen molar-refractivity contribution in [2.45, 2.75) is 19.1 Å². The Bertz CT molecular complexity index is 419. The SMILES string of the molecule is c1ccc2c(c1)CCNC2OCCCN1CCOCC1. The Kier molecular flexibility index (Phi) is 5.03. The van der Waals surface area contributed by atoms with E-state index in [0.717, 1.165) is 58.8 Å². The molecular formula is C16H24N2O2. The van der Waals surface area contributed by atoms with Crippen LogP contribution in [0.5, 0.6) is 0 Å². The summed E-state index contributed by atoms with van der Waals surface area (Å²) in [6, 6.07) is 8.59. The number of morpholine rings is 1. The fourth-order valence-electron chi connectivity index (χ4n) is 2.93. The lowest BCUT2D eigenvalue weighted by molar-refractivity contribution is 0.00701. The molecule has 110 valence electrons. The Morgan fingerprint density at radius 2 is 2.10 bits per heavy atom. The van der Waals surface area contributed by atoms with E-state index in [4.69, 9.17) is 9.47 Å². The molecule has 1 aromatic rings. The molecule has 2 aliphatic heterocycles. The molecule has 0 aromatic heterocycles. The predicted octanol–water partition coefficient (Wildman–Crippen LogP) is 1.57. The van der Waals surface area contributed by atoms with Crippen LogP contribution in [0.1, 0.15) is 23.8 Å². The highest BCUT2D eigenvalue weighted by molar-refractivity contribution is 5.30. The van der Waals surface area contributed by atoms with Crippen molar-refractivity contribution < 1.29 is 9.47 Å². The molecule has 2 aliphatic rings. The summed E-state index contributed by atoms with van der Waals surface area (Å²) in [4.78, 5) is 2.45. The standard InChI is InChI=1S/C16H24N2O2/c1-2-5-15-14(4-1)6-7-17-16(15)20-11-3-8-18-9-12-19-13-10-18/h1-2,4-5,16-17H,3,6-13H2. The molecule has 0 spiro atoms. The van der Waals surface area contributed by atoms with E-state index in [1.165, 1.54) is 11.1 Å². The minimum Gasteiger partial charge on any atom is -0.379 e. The highest BCUT2D eigenvalue weighted by atomic mass is 16.5. The third kappa shape index (κ3) is 3.58. The number of nitrogens with zero attached hydrogens (tertiary/aromatic N) is 1. The van der Waals surface area contributed by atoms with E-state index in [-0.39, 0.29) is 6.23 Å². The third-order valence-corrected chi connectivity index (χ3v) is 4.07. The molecule has 0 saturated carbocycles. The lowest BCUT2D eigenvalue weighted by Crippen LogP contribution is -2.37. The molecule has 2 heterocycles. The maximum atomic E-state index is 6.03. The Morgan fingerprint density at radius 3 is 3.00 bits per heavy atom. The van der Waals surface area contributed by atoms with Crippen molar-refractivity contribution in [3.63, 3.8) is 0 Å². The quantitative estimate of drug-likeness (QED) is 0.828. The van der Waals surface area contributed by atoms with Gasteiger partial charge in [-0.3, -0.25) is 10.2 Å². The second kappa shape index (κ2) is 7.18. The molecule has 1 atom stereocenters. The molecule has 4 heteroatoms. The van der Waals surface area contributed by atoms with E-state index in [9.17, 15) is 0 Å². The Morgan fingerprint density at radius 1 is 1.25 bits per heavy atom. The van der Waals surface area contributed by atoms with Crippen LogP contribution in [0.2, 0.25) is 0 Å². The number of nitrogens with one attached hydrogen (secondary N) is 1. The number of ether oxygens (including phenoxy) is 2. The first-order valence-electron chi connectivity index (χ1n) is 7.66. The number of benzene rings is 1. The van der Waals surface area contributed by atoms with Crippen molar-refractivity contribution in [2.24, 2.45) is 0 Å². The van der Waals surface area contributed by atoms with Crippen LogP contribution < -0.4 is 5.32 Å². The molecule has 3 rings (SSSR count). The molecule has 20 heavy (non-hydrogen) atoms. The third-order valence-electron chi connectivity index (χ3n) is 4.07. The number of hydrogen-bond donors (Lipinski definition) is 1. The first kappa shape index (κ1) is 14.0. The Labute approximate surface area is 121 Å². The zero-order valence-electron chi connectivity index (χ0n) is 12.0. The minimum atomic E-state index is 0.0737. The number of rotatable bonds is 5. The van der Waals surface area contributed by atoms with Crippen LogP contribution >= 0.6 is 0 Å². The Hall–Kier alpha value is -0.940. The maximum Gasteiger partial charge on any atom is 0.134 e. The van der Waals surface area contributed by atoms with Crippen LogP contribution in [-0.2, 0) is 15.9 Å². The van der Waals surface area contributed by atoms with E-state index < -0.39 is 0 Å². The lowest BCUT2D eigenvalue weighted by atomic mass is 10.00.